The van der Waals surface area contributed by atoms with Crippen molar-refractivity contribution in [3.63, 3.8) is 0 Å². The molecule has 0 aliphatic heterocycles. The van der Waals surface area contributed by atoms with Gasteiger partial charge in [-0.15, -0.1) is 11.3 Å². The summed E-state index contributed by atoms with van der Waals surface area (Å²) in [6, 6.07) is 12.1. The van der Waals surface area contributed by atoms with E-state index in [1.807, 2.05) is 35.5 Å². The second-order valence-electron chi connectivity index (χ2n) is 5.74. The standard InChI is InChI=1S/C18H20N2O2S/c1-20(15-9-8-13-5-2-3-6-14(13)15)17(21)10-11-19-18(22)16-7-4-12-23-16/h2-7,12,15H,8-11H2,1H3,(H,19,22). The highest BCUT2D eigenvalue weighted by Crippen LogP contribution is 2.34. The summed E-state index contributed by atoms with van der Waals surface area (Å²) < 4.78 is 0. The highest BCUT2D eigenvalue weighted by Gasteiger charge is 2.27. The molecule has 1 heterocycles. The van der Waals surface area contributed by atoms with Crippen LogP contribution in [0.3, 0.4) is 0 Å². The number of hydrogen-bond acceptors (Lipinski definition) is 3. The van der Waals surface area contributed by atoms with Crippen LogP contribution in [0.1, 0.15) is 39.7 Å². The Labute approximate surface area is 140 Å². The average Bonchev–Trinajstić information content (AvgIpc) is 3.23. The molecule has 23 heavy (non-hydrogen) atoms. The number of benzene rings is 1. The van der Waals surface area contributed by atoms with E-state index in [4.69, 9.17) is 0 Å². The van der Waals surface area contributed by atoms with Gasteiger partial charge < -0.3 is 10.2 Å². The largest absolute Gasteiger partial charge is 0.351 e. The summed E-state index contributed by atoms with van der Waals surface area (Å²) in [5, 5.41) is 4.67. The average molecular weight is 328 g/mol. The monoisotopic (exact) mass is 328 g/mol. The highest BCUT2D eigenvalue weighted by atomic mass is 32.1. The Balaban J connectivity index is 1.52. The molecule has 120 valence electrons. The fraction of sp³-hybridized carbons (Fsp3) is 0.333. The molecule has 2 amide bonds. The van der Waals surface area contributed by atoms with Gasteiger partial charge in [-0.1, -0.05) is 30.3 Å². The van der Waals surface area contributed by atoms with Crippen LogP contribution < -0.4 is 5.32 Å². The van der Waals surface area contributed by atoms with Gasteiger partial charge in [0.25, 0.3) is 5.91 Å². The first-order valence-corrected chi connectivity index (χ1v) is 8.70. The molecule has 0 saturated heterocycles. The van der Waals surface area contributed by atoms with E-state index in [-0.39, 0.29) is 17.9 Å². The lowest BCUT2D eigenvalue weighted by Crippen LogP contribution is -2.33. The zero-order valence-electron chi connectivity index (χ0n) is 13.1. The van der Waals surface area contributed by atoms with Gasteiger partial charge in [-0.3, -0.25) is 9.59 Å². The number of nitrogens with one attached hydrogen (secondary N) is 1. The zero-order valence-corrected chi connectivity index (χ0v) is 13.9. The van der Waals surface area contributed by atoms with Crippen LogP contribution in [0, 0.1) is 0 Å². The molecule has 0 radical (unpaired) electrons. The molecule has 1 aromatic heterocycles. The molecule has 1 aliphatic rings. The van der Waals surface area contributed by atoms with Gasteiger partial charge in [-0.05, 0) is 35.4 Å². The zero-order chi connectivity index (χ0) is 16.2. The molecule has 1 aromatic carbocycles. The molecule has 0 spiro atoms. The molecule has 1 atom stereocenters. The van der Waals surface area contributed by atoms with Crippen molar-refractivity contribution in [2.45, 2.75) is 25.3 Å². The molecule has 1 N–H and O–H groups in total. The Morgan fingerprint density at radius 2 is 2.09 bits per heavy atom. The molecule has 0 fully saturated rings. The second kappa shape index (κ2) is 6.96. The van der Waals surface area contributed by atoms with Crippen molar-refractivity contribution >= 4 is 23.2 Å². The summed E-state index contributed by atoms with van der Waals surface area (Å²) in [6.45, 7) is 0.369. The minimum atomic E-state index is -0.110. The maximum atomic E-state index is 12.4. The van der Waals surface area contributed by atoms with E-state index in [9.17, 15) is 9.59 Å². The number of thiophene rings is 1. The van der Waals surface area contributed by atoms with E-state index in [1.54, 1.807) is 6.07 Å². The van der Waals surface area contributed by atoms with Crippen molar-refractivity contribution in [3.05, 3.63) is 57.8 Å². The lowest BCUT2D eigenvalue weighted by molar-refractivity contribution is -0.131. The van der Waals surface area contributed by atoms with Crippen LogP contribution in [0.4, 0.5) is 0 Å². The quantitative estimate of drug-likeness (QED) is 0.917. The van der Waals surface area contributed by atoms with Crippen LogP contribution in [0.2, 0.25) is 0 Å². The predicted octanol–water partition coefficient (Wildman–Crippen LogP) is 3.01. The summed E-state index contributed by atoms with van der Waals surface area (Å²) in [7, 11) is 1.86. The molecule has 0 saturated carbocycles. The number of fused-ring (bicyclic) bond motifs is 1. The number of nitrogens with zero attached hydrogens (tertiary/aromatic N) is 1. The van der Waals surface area contributed by atoms with Crippen molar-refractivity contribution in [3.8, 4) is 0 Å². The Kier molecular flexibility index (Phi) is 4.76. The number of amides is 2. The van der Waals surface area contributed by atoms with Crippen LogP contribution in [0.5, 0.6) is 0 Å². The molecule has 1 aliphatic carbocycles. The number of rotatable bonds is 5. The van der Waals surface area contributed by atoms with E-state index in [1.165, 1.54) is 22.5 Å². The van der Waals surface area contributed by atoms with Crippen molar-refractivity contribution in [2.75, 3.05) is 13.6 Å². The van der Waals surface area contributed by atoms with Crippen LogP contribution in [0.15, 0.2) is 41.8 Å². The molecule has 3 rings (SSSR count). The van der Waals surface area contributed by atoms with Crippen LogP contribution in [0.25, 0.3) is 0 Å². The van der Waals surface area contributed by atoms with Crippen LogP contribution in [-0.4, -0.2) is 30.3 Å². The summed E-state index contributed by atoms with van der Waals surface area (Å²) in [5.41, 5.74) is 2.59. The Hall–Kier alpha value is -2.14. The van der Waals surface area contributed by atoms with E-state index in [2.05, 4.69) is 17.4 Å². The van der Waals surface area contributed by atoms with E-state index in [0.29, 0.717) is 17.8 Å². The number of aryl methyl sites for hydroxylation is 1. The van der Waals surface area contributed by atoms with Crippen molar-refractivity contribution in [1.29, 1.82) is 0 Å². The summed E-state index contributed by atoms with van der Waals surface area (Å²) in [6.07, 6.45) is 2.32. The van der Waals surface area contributed by atoms with E-state index >= 15 is 0 Å². The smallest absolute Gasteiger partial charge is 0.261 e. The maximum Gasteiger partial charge on any atom is 0.261 e. The fourth-order valence-corrected chi connectivity index (χ4v) is 3.71. The minimum Gasteiger partial charge on any atom is -0.351 e. The molecule has 2 aromatic rings. The summed E-state index contributed by atoms with van der Waals surface area (Å²) in [4.78, 5) is 26.7. The Morgan fingerprint density at radius 3 is 2.87 bits per heavy atom. The third kappa shape index (κ3) is 3.45. The Morgan fingerprint density at radius 1 is 1.26 bits per heavy atom. The van der Waals surface area contributed by atoms with E-state index in [0.717, 1.165) is 12.8 Å². The lowest BCUT2D eigenvalue weighted by Gasteiger charge is -2.25. The molecular weight excluding hydrogens is 308 g/mol. The predicted molar refractivity (Wildman–Crippen MR) is 91.5 cm³/mol. The van der Waals surface area contributed by atoms with Gasteiger partial charge in [-0.25, -0.2) is 0 Å². The van der Waals surface area contributed by atoms with Crippen molar-refractivity contribution in [2.24, 2.45) is 0 Å². The maximum absolute atomic E-state index is 12.4. The van der Waals surface area contributed by atoms with Crippen LogP contribution >= 0.6 is 11.3 Å². The Bertz CT molecular complexity index is 697. The van der Waals surface area contributed by atoms with Crippen LogP contribution in [-0.2, 0) is 11.2 Å². The highest BCUT2D eigenvalue weighted by molar-refractivity contribution is 7.12. The molecule has 1 unspecified atom stereocenters. The first-order chi connectivity index (χ1) is 11.2. The lowest BCUT2D eigenvalue weighted by atomic mass is 10.1. The molecule has 0 bridgehead atoms. The summed E-state index contributed by atoms with van der Waals surface area (Å²) >= 11 is 1.40. The molecule has 5 heteroatoms. The normalized spacial score (nSPS) is 16.0. The van der Waals surface area contributed by atoms with Gasteiger partial charge in [0.05, 0.1) is 10.9 Å². The van der Waals surface area contributed by atoms with Gasteiger partial charge in [0.1, 0.15) is 0 Å². The first kappa shape index (κ1) is 15.7. The number of carbonyl (C=O) groups excluding carboxylic acids is 2. The third-order valence-electron chi connectivity index (χ3n) is 4.33. The van der Waals surface area contributed by atoms with Gasteiger partial charge in [0, 0.05) is 20.0 Å². The topological polar surface area (TPSA) is 49.4 Å². The minimum absolute atomic E-state index is 0.0678. The molecule has 4 nitrogen and oxygen atoms in total. The third-order valence-corrected chi connectivity index (χ3v) is 5.20. The van der Waals surface area contributed by atoms with Crippen molar-refractivity contribution < 1.29 is 9.59 Å². The van der Waals surface area contributed by atoms with Gasteiger partial charge >= 0.3 is 0 Å². The first-order valence-electron chi connectivity index (χ1n) is 7.82. The molecular formula is C18H20N2O2S. The SMILES string of the molecule is CN(C(=O)CCNC(=O)c1cccs1)C1CCc2ccccc21. The van der Waals surface area contributed by atoms with Gasteiger partial charge in [0.15, 0.2) is 0 Å². The fourth-order valence-electron chi connectivity index (χ4n) is 3.06. The summed E-state index contributed by atoms with van der Waals surface area (Å²) in [5.74, 6) is -0.0418. The van der Waals surface area contributed by atoms with Gasteiger partial charge in [0.2, 0.25) is 5.91 Å². The number of hydrogen-bond donors (Lipinski definition) is 1. The second-order valence-corrected chi connectivity index (χ2v) is 6.69. The van der Waals surface area contributed by atoms with E-state index < -0.39 is 0 Å². The van der Waals surface area contributed by atoms with Crippen molar-refractivity contribution in [1.82, 2.24) is 10.2 Å². The number of carbonyl (C=O) groups is 2. The van der Waals surface area contributed by atoms with Gasteiger partial charge in [-0.2, -0.15) is 0 Å².